The molecule has 7 rings (SSSR count). The molecule has 2 bridgehead atoms. The first-order chi connectivity index (χ1) is 26.3. The van der Waals surface area contributed by atoms with Crippen LogP contribution < -0.4 is 36.5 Å². The number of benzene rings is 3. The summed E-state index contributed by atoms with van der Waals surface area (Å²) in [5.41, 5.74) is 22.6. The number of carbonyl (C=O) groups is 1. The van der Waals surface area contributed by atoms with Gasteiger partial charge in [0.2, 0.25) is 5.91 Å². The number of aromatic hydroxyl groups is 1. The predicted octanol–water partition coefficient (Wildman–Crippen LogP) is 4.44. The van der Waals surface area contributed by atoms with Crippen molar-refractivity contribution in [2.24, 2.45) is 23.1 Å². The molecule has 12 nitrogen and oxygen atoms in total. The van der Waals surface area contributed by atoms with Gasteiger partial charge in [-0.05, 0) is 68.2 Å². The Labute approximate surface area is 318 Å². The molecule has 3 aromatic carbocycles. The topological polar surface area (TPSA) is 156 Å². The summed E-state index contributed by atoms with van der Waals surface area (Å²) in [7, 11) is 0. The number of piperidine rings is 2. The third-order valence-electron chi connectivity index (χ3n) is 11.2. The summed E-state index contributed by atoms with van der Waals surface area (Å²) in [6, 6.07) is 23.6. The summed E-state index contributed by atoms with van der Waals surface area (Å²) in [4.78, 5) is 22.4. The molecule has 4 aliphatic rings. The lowest BCUT2D eigenvalue weighted by Gasteiger charge is -2.52. The quantitative estimate of drug-likeness (QED) is 0.207. The second-order valence-electron chi connectivity index (χ2n) is 14.8. The van der Waals surface area contributed by atoms with Crippen LogP contribution in [-0.2, 0) is 9.53 Å². The van der Waals surface area contributed by atoms with Gasteiger partial charge in [-0.2, -0.15) is 0 Å². The van der Waals surface area contributed by atoms with Crippen LogP contribution >= 0.6 is 0 Å². The van der Waals surface area contributed by atoms with Crippen molar-refractivity contribution in [2.75, 3.05) is 68.9 Å². The maximum absolute atomic E-state index is 13.4. The van der Waals surface area contributed by atoms with Crippen molar-refractivity contribution >= 4 is 23.0 Å². The predicted molar refractivity (Wildman–Crippen MR) is 212 cm³/mol. The smallest absolute Gasteiger partial charge is 0.222 e. The maximum Gasteiger partial charge on any atom is 0.222 e. The molecule has 7 N–H and O–H groups in total. The molecule has 4 aliphatic heterocycles. The summed E-state index contributed by atoms with van der Waals surface area (Å²) in [6.07, 6.45) is 6.06. The Kier molecular flexibility index (Phi) is 11.6. The maximum atomic E-state index is 13.4. The fourth-order valence-corrected chi connectivity index (χ4v) is 8.46. The van der Waals surface area contributed by atoms with E-state index in [4.69, 9.17) is 31.4 Å². The van der Waals surface area contributed by atoms with Crippen molar-refractivity contribution in [1.29, 1.82) is 0 Å². The molecule has 4 heterocycles. The number of allylic oxidation sites excluding steroid dienone is 1. The van der Waals surface area contributed by atoms with E-state index in [1.165, 1.54) is 0 Å². The number of hydrogen-bond donors (Lipinski definition) is 4. The van der Waals surface area contributed by atoms with Gasteiger partial charge in [0.05, 0.1) is 43.3 Å². The number of anilines is 2. The van der Waals surface area contributed by atoms with E-state index in [0.717, 1.165) is 74.7 Å². The zero-order valence-corrected chi connectivity index (χ0v) is 31.3. The van der Waals surface area contributed by atoms with Gasteiger partial charge in [-0.25, -0.2) is 0 Å². The number of nitrogens with zero attached hydrogens (tertiary/aromatic N) is 4. The van der Waals surface area contributed by atoms with E-state index in [-0.39, 0.29) is 35.7 Å². The first-order valence-electron chi connectivity index (χ1n) is 19.4. The Balaban J connectivity index is 0.912. The number of rotatable bonds is 11. The SMILES string of the molecule is CCOc1ccccc1N1CCC(CC(=O)N2CCC(Oc3cccc(N4C5COCC4CN(C(/C=C(\N)c4ccccc4O)=C(N)N)C5)c3)CC2)CC1. The van der Waals surface area contributed by atoms with Crippen molar-refractivity contribution in [3.63, 3.8) is 0 Å². The number of morpholine rings is 1. The number of carbonyl (C=O) groups excluding carboxylic acids is 1. The Morgan fingerprint density at radius 1 is 0.870 bits per heavy atom. The minimum atomic E-state index is 0.0502. The van der Waals surface area contributed by atoms with Crippen molar-refractivity contribution in [3.8, 4) is 17.2 Å². The fourth-order valence-electron chi connectivity index (χ4n) is 8.46. The molecule has 4 fully saturated rings. The van der Waals surface area contributed by atoms with Gasteiger partial charge in [-0.15, -0.1) is 0 Å². The van der Waals surface area contributed by atoms with Gasteiger partial charge in [-0.3, -0.25) is 4.79 Å². The highest BCUT2D eigenvalue weighted by atomic mass is 16.5. The van der Waals surface area contributed by atoms with E-state index >= 15 is 0 Å². The van der Waals surface area contributed by atoms with Gasteiger partial charge >= 0.3 is 0 Å². The van der Waals surface area contributed by atoms with Crippen molar-refractivity contribution in [3.05, 3.63) is 96.0 Å². The number of para-hydroxylation sites is 3. The molecule has 3 aromatic rings. The Morgan fingerprint density at radius 2 is 1.57 bits per heavy atom. The molecular formula is C42H55N7O5. The van der Waals surface area contributed by atoms with E-state index in [9.17, 15) is 9.90 Å². The third-order valence-corrected chi connectivity index (χ3v) is 11.2. The van der Waals surface area contributed by atoms with E-state index in [2.05, 4.69) is 39.0 Å². The number of ether oxygens (including phenoxy) is 3. The standard InChI is InChI=1S/C42H55N7O5/c1-2-53-40-13-6-4-11-37(40)46-18-14-29(15-19-46)22-41(51)47-20-16-33(17-21-47)54-34-9-7-8-30(23-34)49-31-25-48(26-32(49)28-52-27-31)38(42(44)45)24-36(43)35-10-3-5-12-39(35)50/h3-13,23-24,29,31-33,50H,2,14-22,25-28,43-45H2,1H3/b36-24-. The molecule has 12 heteroatoms. The normalized spacial score (nSPS) is 21.2. The Bertz CT molecular complexity index is 1800. The largest absolute Gasteiger partial charge is 0.507 e. The molecule has 0 saturated carbocycles. The molecule has 0 aromatic heterocycles. The highest BCUT2D eigenvalue weighted by Gasteiger charge is 2.39. The summed E-state index contributed by atoms with van der Waals surface area (Å²) in [5, 5.41) is 10.3. The highest BCUT2D eigenvalue weighted by molar-refractivity contribution is 5.76. The molecule has 0 radical (unpaired) electrons. The van der Waals surface area contributed by atoms with Crippen molar-refractivity contribution in [2.45, 2.75) is 57.2 Å². The monoisotopic (exact) mass is 737 g/mol. The molecule has 54 heavy (non-hydrogen) atoms. The van der Waals surface area contributed by atoms with E-state index in [0.29, 0.717) is 62.2 Å². The lowest BCUT2D eigenvalue weighted by molar-refractivity contribution is -0.134. The number of phenolic OH excluding ortho intramolecular Hbond substituents is 1. The number of amides is 1. The van der Waals surface area contributed by atoms with Gasteiger partial charge in [0.25, 0.3) is 0 Å². The number of fused-ring (bicyclic) bond motifs is 2. The zero-order valence-electron chi connectivity index (χ0n) is 31.3. The van der Waals surface area contributed by atoms with E-state index in [1.807, 2.05) is 42.2 Å². The molecule has 0 aliphatic carbocycles. The van der Waals surface area contributed by atoms with Crippen LogP contribution in [-0.4, -0.2) is 98.1 Å². The average Bonchev–Trinajstić information content (AvgIpc) is 3.17. The lowest BCUT2D eigenvalue weighted by Crippen LogP contribution is -2.64. The minimum Gasteiger partial charge on any atom is -0.507 e. The van der Waals surface area contributed by atoms with Crippen molar-refractivity contribution < 1.29 is 24.1 Å². The number of nitrogens with two attached hydrogens (primary N) is 3. The van der Waals surface area contributed by atoms with Gasteiger partial charge in [0.15, 0.2) is 0 Å². The average molecular weight is 738 g/mol. The summed E-state index contributed by atoms with van der Waals surface area (Å²) >= 11 is 0. The second kappa shape index (κ2) is 16.8. The molecule has 1 amide bonds. The zero-order chi connectivity index (χ0) is 37.6. The molecular weight excluding hydrogens is 683 g/mol. The highest BCUT2D eigenvalue weighted by Crippen LogP contribution is 2.35. The Hall–Kier alpha value is -5.23. The van der Waals surface area contributed by atoms with Gasteiger partial charge in [0, 0.05) is 81.5 Å². The van der Waals surface area contributed by atoms with Crippen LogP contribution in [0, 0.1) is 5.92 Å². The molecule has 288 valence electrons. The van der Waals surface area contributed by atoms with Crippen LogP contribution in [0.5, 0.6) is 17.2 Å². The fraction of sp³-hybridized carbons (Fsp3) is 0.452. The molecule has 0 spiro atoms. The van der Waals surface area contributed by atoms with Crippen LogP contribution in [0.4, 0.5) is 11.4 Å². The Morgan fingerprint density at radius 3 is 2.28 bits per heavy atom. The number of likely N-dealkylation sites (tertiary alicyclic amines) is 1. The van der Waals surface area contributed by atoms with Gasteiger partial charge in [0.1, 0.15) is 29.2 Å². The summed E-state index contributed by atoms with van der Waals surface area (Å²) in [6.45, 7) is 8.36. The number of phenols is 1. The second-order valence-corrected chi connectivity index (χ2v) is 14.8. The number of piperazine rings is 1. The third kappa shape index (κ3) is 8.44. The van der Waals surface area contributed by atoms with Crippen LogP contribution in [0.15, 0.2) is 90.4 Å². The van der Waals surface area contributed by atoms with Crippen LogP contribution in [0.1, 0.15) is 44.6 Å². The van der Waals surface area contributed by atoms with Crippen molar-refractivity contribution in [1.82, 2.24) is 9.80 Å². The van der Waals surface area contributed by atoms with Gasteiger partial charge in [-0.1, -0.05) is 30.3 Å². The van der Waals surface area contributed by atoms with Gasteiger partial charge < -0.3 is 56.1 Å². The molecule has 4 saturated heterocycles. The minimum absolute atomic E-state index is 0.0502. The summed E-state index contributed by atoms with van der Waals surface area (Å²) < 4.78 is 18.4. The first kappa shape index (κ1) is 37.1. The molecule has 2 unspecified atom stereocenters. The van der Waals surface area contributed by atoms with Crippen LogP contribution in [0.25, 0.3) is 5.70 Å². The summed E-state index contributed by atoms with van der Waals surface area (Å²) in [5.74, 6) is 2.71. The van der Waals surface area contributed by atoms with Crippen LogP contribution in [0.2, 0.25) is 0 Å². The van der Waals surface area contributed by atoms with Crippen LogP contribution in [0.3, 0.4) is 0 Å². The molecule has 2 atom stereocenters. The van der Waals surface area contributed by atoms with E-state index in [1.54, 1.807) is 24.3 Å². The van der Waals surface area contributed by atoms with E-state index < -0.39 is 0 Å². The number of hydrogen-bond acceptors (Lipinski definition) is 11. The first-order valence-corrected chi connectivity index (χ1v) is 19.4. The lowest BCUT2D eigenvalue weighted by atomic mass is 9.92.